The molecule has 0 aliphatic rings. The molecule has 0 saturated heterocycles. The maximum atomic E-state index is 5.25. The Balaban J connectivity index is 3.17. The average Bonchev–Trinajstić information content (AvgIpc) is 2.09. The van der Waals surface area contributed by atoms with Gasteiger partial charge in [-0.3, -0.25) is 0 Å². The van der Waals surface area contributed by atoms with Crippen molar-refractivity contribution in [2.75, 3.05) is 19.8 Å². The van der Waals surface area contributed by atoms with E-state index in [0.717, 1.165) is 26.2 Å². The minimum absolute atomic E-state index is 0.434. The van der Waals surface area contributed by atoms with E-state index in [1.54, 1.807) is 0 Å². The van der Waals surface area contributed by atoms with Crippen LogP contribution in [0.1, 0.15) is 27.2 Å². The first-order valence-corrected chi connectivity index (χ1v) is 4.52. The van der Waals surface area contributed by atoms with Gasteiger partial charge in [-0.1, -0.05) is 0 Å². The van der Waals surface area contributed by atoms with Crippen molar-refractivity contribution in [3.8, 4) is 11.8 Å². The second-order valence-corrected chi connectivity index (χ2v) is 2.69. The molecular formula is C10H19NO. The second-order valence-electron chi connectivity index (χ2n) is 2.69. The van der Waals surface area contributed by atoms with Gasteiger partial charge >= 0.3 is 0 Å². The lowest BCUT2D eigenvalue weighted by Gasteiger charge is -2.11. The highest BCUT2D eigenvalue weighted by molar-refractivity contribution is 4.95. The molecule has 0 aromatic rings. The van der Waals surface area contributed by atoms with Gasteiger partial charge in [0.15, 0.2) is 0 Å². The van der Waals surface area contributed by atoms with Crippen molar-refractivity contribution in [2.24, 2.45) is 0 Å². The molecular weight excluding hydrogens is 150 g/mol. The van der Waals surface area contributed by atoms with Gasteiger partial charge in [0.2, 0.25) is 0 Å². The molecule has 2 nitrogen and oxygen atoms in total. The zero-order valence-electron chi connectivity index (χ0n) is 8.31. The molecule has 0 fully saturated rings. The highest BCUT2D eigenvalue weighted by atomic mass is 16.5. The fraction of sp³-hybridized carbons (Fsp3) is 0.800. The third kappa shape index (κ3) is 7.59. The Morgan fingerprint density at radius 2 is 2.25 bits per heavy atom. The Labute approximate surface area is 75.7 Å². The molecule has 1 atom stereocenters. The number of hydrogen-bond donors (Lipinski definition) is 1. The van der Waals surface area contributed by atoms with E-state index >= 15 is 0 Å². The van der Waals surface area contributed by atoms with E-state index in [1.165, 1.54) is 0 Å². The van der Waals surface area contributed by atoms with Crippen LogP contribution in [-0.2, 0) is 4.74 Å². The van der Waals surface area contributed by atoms with Gasteiger partial charge in [0.1, 0.15) is 0 Å². The fourth-order valence-electron chi connectivity index (χ4n) is 0.860. The summed E-state index contributed by atoms with van der Waals surface area (Å²) in [5.74, 6) is 5.87. The van der Waals surface area contributed by atoms with Crippen molar-refractivity contribution < 1.29 is 4.74 Å². The number of hydrogen-bond acceptors (Lipinski definition) is 2. The molecule has 0 aliphatic carbocycles. The van der Waals surface area contributed by atoms with Crippen molar-refractivity contribution >= 4 is 0 Å². The van der Waals surface area contributed by atoms with E-state index in [2.05, 4.69) is 24.1 Å². The molecule has 0 heterocycles. The van der Waals surface area contributed by atoms with Gasteiger partial charge in [-0.05, 0) is 20.8 Å². The Morgan fingerprint density at radius 3 is 2.83 bits per heavy atom. The summed E-state index contributed by atoms with van der Waals surface area (Å²) < 4.78 is 5.25. The van der Waals surface area contributed by atoms with Gasteiger partial charge in [-0.2, -0.15) is 0 Å². The lowest BCUT2D eigenvalue weighted by atomic mass is 10.3. The first-order chi connectivity index (χ1) is 5.81. The molecule has 0 aromatic heterocycles. The Kier molecular flexibility index (Phi) is 8.20. The summed E-state index contributed by atoms with van der Waals surface area (Å²) in [6.45, 7) is 8.53. The molecule has 1 unspecified atom stereocenters. The molecule has 2 heteroatoms. The quantitative estimate of drug-likeness (QED) is 0.479. The summed E-state index contributed by atoms with van der Waals surface area (Å²) in [5.41, 5.74) is 0. The van der Waals surface area contributed by atoms with Gasteiger partial charge in [0, 0.05) is 25.6 Å². The molecule has 0 bridgehead atoms. The van der Waals surface area contributed by atoms with Crippen molar-refractivity contribution in [3.63, 3.8) is 0 Å². The van der Waals surface area contributed by atoms with Crippen LogP contribution in [0.2, 0.25) is 0 Å². The number of nitrogens with one attached hydrogen (secondary N) is 1. The van der Waals surface area contributed by atoms with Gasteiger partial charge in [0.05, 0.1) is 6.61 Å². The Morgan fingerprint density at radius 1 is 1.50 bits per heavy atom. The average molecular weight is 169 g/mol. The van der Waals surface area contributed by atoms with Crippen LogP contribution in [0.5, 0.6) is 0 Å². The molecule has 12 heavy (non-hydrogen) atoms. The summed E-state index contributed by atoms with van der Waals surface area (Å²) in [6, 6.07) is 0.434. The van der Waals surface area contributed by atoms with Crippen molar-refractivity contribution in [2.45, 2.75) is 33.2 Å². The first-order valence-electron chi connectivity index (χ1n) is 4.52. The Bertz CT molecular complexity index is 146. The zero-order chi connectivity index (χ0) is 9.23. The summed E-state index contributed by atoms with van der Waals surface area (Å²) in [4.78, 5) is 0. The van der Waals surface area contributed by atoms with Crippen molar-refractivity contribution in [3.05, 3.63) is 0 Å². The SMILES string of the molecule is CC#CCCNC(C)COCC. The fourth-order valence-corrected chi connectivity index (χ4v) is 0.860. The largest absolute Gasteiger partial charge is 0.380 e. The van der Waals surface area contributed by atoms with Crippen LogP contribution in [0.4, 0.5) is 0 Å². The van der Waals surface area contributed by atoms with E-state index in [9.17, 15) is 0 Å². The van der Waals surface area contributed by atoms with E-state index in [-0.39, 0.29) is 0 Å². The topological polar surface area (TPSA) is 21.3 Å². The first kappa shape index (κ1) is 11.5. The molecule has 0 rings (SSSR count). The maximum absolute atomic E-state index is 5.25. The molecule has 0 radical (unpaired) electrons. The summed E-state index contributed by atoms with van der Waals surface area (Å²) in [7, 11) is 0. The predicted octanol–water partition coefficient (Wildman–Crippen LogP) is 1.41. The van der Waals surface area contributed by atoms with Crippen molar-refractivity contribution in [1.82, 2.24) is 5.32 Å². The molecule has 70 valence electrons. The van der Waals surface area contributed by atoms with Gasteiger partial charge in [-0.15, -0.1) is 11.8 Å². The van der Waals surface area contributed by atoms with Gasteiger partial charge < -0.3 is 10.1 Å². The molecule has 0 saturated carbocycles. The second kappa shape index (κ2) is 8.58. The summed E-state index contributed by atoms with van der Waals surface area (Å²) >= 11 is 0. The standard InChI is InChI=1S/C10H19NO/c1-4-6-7-8-11-10(3)9-12-5-2/h10-11H,5,7-9H2,1-3H3. The van der Waals surface area contributed by atoms with Crippen LogP contribution in [0.25, 0.3) is 0 Å². The highest BCUT2D eigenvalue weighted by Gasteiger charge is 1.97. The molecule has 0 aliphatic heterocycles. The number of ether oxygens (including phenoxy) is 1. The van der Waals surface area contributed by atoms with Gasteiger partial charge in [-0.25, -0.2) is 0 Å². The lowest BCUT2D eigenvalue weighted by Crippen LogP contribution is -2.31. The zero-order valence-corrected chi connectivity index (χ0v) is 8.31. The minimum atomic E-state index is 0.434. The molecule has 0 amide bonds. The third-order valence-corrected chi connectivity index (χ3v) is 1.49. The lowest BCUT2D eigenvalue weighted by molar-refractivity contribution is 0.127. The molecule has 1 N–H and O–H groups in total. The van der Waals surface area contributed by atoms with Crippen LogP contribution < -0.4 is 5.32 Å². The van der Waals surface area contributed by atoms with Crippen LogP contribution in [0.15, 0.2) is 0 Å². The van der Waals surface area contributed by atoms with Crippen LogP contribution >= 0.6 is 0 Å². The smallest absolute Gasteiger partial charge is 0.0616 e. The van der Waals surface area contributed by atoms with E-state index in [4.69, 9.17) is 4.74 Å². The minimum Gasteiger partial charge on any atom is -0.380 e. The summed E-state index contributed by atoms with van der Waals surface area (Å²) in [6.07, 6.45) is 0.924. The van der Waals surface area contributed by atoms with Gasteiger partial charge in [0.25, 0.3) is 0 Å². The van der Waals surface area contributed by atoms with Crippen LogP contribution in [0, 0.1) is 11.8 Å². The third-order valence-electron chi connectivity index (χ3n) is 1.49. The van der Waals surface area contributed by atoms with E-state index in [1.807, 2.05) is 13.8 Å². The van der Waals surface area contributed by atoms with Crippen LogP contribution in [-0.4, -0.2) is 25.8 Å². The highest BCUT2D eigenvalue weighted by Crippen LogP contribution is 1.84. The summed E-state index contributed by atoms with van der Waals surface area (Å²) in [5, 5.41) is 3.32. The van der Waals surface area contributed by atoms with Crippen LogP contribution in [0.3, 0.4) is 0 Å². The molecule has 0 spiro atoms. The van der Waals surface area contributed by atoms with E-state index in [0.29, 0.717) is 6.04 Å². The Hall–Kier alpha value is -0.520. The normalized spacial score (nSPS) is 11.9. The number of rotatable bonds is 6. The predicted molar refractivity (Wildman–Crippen MR) is 52.0 cm³/mol. The van der Waals surface area contributed by atoms with Crippen molar-refractivity contribution in [1.29, 1.82) is 0 Å². The monoisotopic (exact) mass is 169 g/mol. The van der Waals surface area contributed by atoms with E-state index < -0.39 is 0 Å². The molecule has 0 aromatic carbocycles. The maximum Gasteiger partial charge on any atom is 0.0616 e.